The molecule has 0 amide bonds. The predicted molar refractivity (Wildman–Crippen MR) is 52.3 cm³/mol. The molecule has 0 atom stereocenters. The van der Waals surface area contributed by atoms with E-state index in [-0.39, 0.29) is 0 Å². The summed E-state index contributed by atoms with van der Waals surface area (Å²) in [4.78, 5) is 1.05. The highest BCUT2D eigenvalue weighted by atomic mass is 32.1. The lowest BCUT2D eigenvalue weighted by Crippen LogP contribution is -1.82. The molecule has 0 spiro atoms. The number of rotatable bonds is 3. The predicted octanol–water partition coefficient (Wildman–Crippen LogP) is 3.32. The molecule has 0 nitrogen and oxygen atoms in total. The summed E-state index contributed by atoms with van der Waals surface area (Å²) in [7, 11) is 0. The molecule has 1 heteroatoms. The van der Waals surface area contributed by atoms with Crippen LogP contribution in [0.15, 0.2) is 29.2 Å². The van der Waals surface area contributed by atoms with E-state index in [1.165, 1.54) is 24.8 Å². The van der Waals surface area contributed by atoms with E-state index in [4.69, 9.17) is 0 Å². The van der Waals surface area contributed by atoms with Crippen LogP contribution in [0.4, 0.5) is 0 Å². The maximum Gasteiger partial charge on any atom is 0.00401 e. The standard InChI is InChI=1S/C10H14S/c1-2-3-4-9-5-7-10(11)8-6-9/h5-8,11H,2-4H2,1H3. The first-order valence-corrected chi connectivity index (χ1v) is 4.55. The summed E-state index contributed by atoms with van der Waals surface area (Å²) in [5, 5.41) is 0. The summed E-state index contributed by atoms with van der Waals surface area (Å²) < 4.78 is 0. The smallest absolute Gasteiger partial charge is 0.00401 e. The van der Waals surface area contributed by atoms with Crippen molar-refractivity contribution in [2.45, 2.75) is 31.1 Å². The van der Waals surface area contributed by atoms with Gasteiger partial charge in [0.05, 0.1) is 0 Å². The molecule has 11 heavy (non-hydrogen) atoms. The molecular formula is C10H14S. The van der Waals surface area contributed by atoms with Crippen molar-refractivity contribution in [1.29, 1.82) is 0 Å². The molecule has 0 fully saturated rings. The highest BCUT2D eigenvalue weighted by Crippen LogP contribution is 2.09. The van der Waals surface area contributed by atoms with Crippen LogP contribution in [0.5, 0.6) is 0 Å². The monoisotopic (exact) mass is 166 g/mol. The third-order valence-corrected chi connectivity index (χ3v) is 2.05. The van der Waals surface area contributed by atoms with Gasteiger partial charge in [-0.2, -0.15) is 0 Å². The zero-order chi connectivity index (χ0) is 8.10. The Balaban J connectivity index is 2.52. The van der Waals surface area contributed by atoms with Crippen LogP contribution in [0.3, 0.4) is 0 Å². The van der Waals surface area contributed by atoms with Crippen LogP contribution in [0, 0.1) is 0 Å². The van der Waals surface area contributed by atoms with Gasteiger partial charge >= 0.3 is 0 Å². The maximum absolute atomic E-state index is 4.22. The molecule has 1 aromatic rings. The molecule has 0 aliphatic rings. The Hall–Kier alpha value is -0.430. The van der Waals surface area contributed by atoms with Gasteiger partial charge < -0.3 is 0 Å². The van der Waals surface area contributed by atoms with Crippen LogP contribution in [0.1, 0.15) is 25.3 Å². The van der Waals surface area contributed by atoms with Gasteiger partial charge in [0.2, 0.25) is 0 Å². The van der Waals surface area contributed by atoms with Gasteiger partial charge in [-0.1, -0.05) is 25.5 Å². The Morgan fingerprint density at radius 2 is 1.82 bits per heavy atom. The van der Waals surface area contributed by atoms with E-state index in [2.05, 4.69) is 31.7 Å². The van der Waals surface area contributed by atoms with E-state index in [9.17, 15) is 0 Å². The largest absolute Gasteiger partial charge is 0.143 e. The van der Waals surface area contributed by atoms with Crippen molar-refractivity contribution in [3.8, 4) is 0 Å². The quantitative estimate of drug-likeness (QED) is 0.654. The Morgan fingerprint density at radius 1 is 1.18 bits per heavy atom. The zero-order valence-electron chi connectivity index (χ0n) is 6.88. The molecule has 0 unspecified atom stereocenters. The second-order valence-electron chi connectivity index (χ2n) is 2.77. The Bertz CT molecular complexity index is 201. The Kier molecular flexibility index (Phi) is 3.50. The number of unbranched alkanes of at least 4 members (excludes halogenated alkanes) is 1. The van der Waals surface area contributed by atoms with E-state index in [1.54, 1.807) is 0 Å². The summed E-state index contributed by atoms with van der Waals surface area (Å²) in [5.74, 6) is 0. The third kappa shape index (κ3) is 2.98. The topological polar surface area (TPSA) is 0 Å². The SMILES string of the molecule is CCCCc1ccc(S)cc1. The minimum Gasteiger partial charge on any atom is -0.143 e. The zero-order valence-corrected chi connectivity index (χ0v) is 7.77. The molecule has 0 N–H and O–H groups in total. The summed E-state index contributed by atoms with van der Waals surface area (Å²) in [6.45, 7) is 2.22. The van der Waals surface area contributed by atoms with Gasteiger partial charge in [-0.3, -0.25) is 0 Å². The fourth-order valence-corrected chi connectivity index (χ4v) is 1.19. The normalized spacial score (nSPS) is 10.0. The lowest BCUT2D eigenvalue weighted by Gasteiger charge is -1.98. The van der Waals surface area contributed by atoms with Gasteiger partial charge in [0.15, 0.2) is 0 Å². The lowest BCUT2D eigenvalue weighted by atomic mass is 10.1. The highest BCUT2D eigenvalue weighted by Gasteiger charge is 1.90. The van der Waals surface area contributed by atoms with E-state index in [0.29, 0.717) is 0 Å². The van der Waals surface area contributed by atoms with E-state index in [0.717, 1.165) is 4.90 Å². The van der Waals surface area contributed by atoms with Crippen LogP contribution < -0.4 is 0 Å². The van der Waals surface area contributed by atoms with Crippen molar-refractivity contribution < 1.29 is 0 Å². The van der Waals surface area contributed by atoms with Gasteiger partial charge in [-0.25, -0.2) is 0 Å². The van der Waals surface area contributed by atoms with Crippen molar-refractivity contribution in [1.82, 2.24) is 0 Å². The molecule has 0 radical (unpaired) electrons. The van der Waals surface area contributed by atoms with Crippen LogP contribution in [0.25, 0.3) is 0 Å². The molecular weight excluding hydrogens is 152 g/mol. The second-order valence-corrected chi connectivity index (χ2v) is 3.29. The molecule has 0 aromatic heterocycles. The minimum atomic E-state index is 1.05. The van der Waals surface area contributed by atoms with Crippen LogP contribution >= 0.6 is 12.6 Å². The van der Waals surface area contributed by atoms with Crippen molar-refractivity contribution in [2.24, 2.45) is 0 Å². The first-order valence-electron chi connectivity index (χ1n) is 4.11. The molecule has 0 saturated heterocycles. The molecule has 0 aliphatic carbocycles. The molecule has 0 saturated carbocycles. The van der Waals surface area contributed by atoms with Gasteiger partial charge in [0.1, 0.15) is 0 Å². The molecule has 0 bridgehead atoms. The molecule has 60 valence electrons. The summed E-state index contributed by atoms with van der Waals surface area (Å²) in [6, 6.07) is 8.40. The number of thiol groups is 1. The molecule has 1 rings (SSSR count). The maximum atomic E-state index is 4.22. The fraction of sp³-hybridized carbons (Fsp3) is 0.400. The van der Waals surface area contributed by atoms with E-state index in [1.807, 2.05) is 12.1 Å². The second kappa shape index (κ2) is 4.45. The highest BCUT2D eigenvalue weighted by molar-refractivity contribution is 7.80. The first-order chi connectivity index (χ1) is 5.33. The van der Waals surface area contributed by atoms with Crippen LogP contribution in [0.2, 0.25) is 0 Å². The molecule has 1 aromatic carbocycles. The summed E-state index contributed by atoms with van der Waals surface area (Å²) in [5.41, 5.74) is 1.42. The van der Waals surface area contributed by atoms with E-state index >= 15 is 0 Å². The lowest BCUT2D eigenvalue weighted by molar-refractivity contribution is 0.794. The number of aryl methyl sites for hydroxylation is 1. The molecule has 0 aliphatic heterocycles. The van der Waals surface area contributed by atoms with Crippen LogP contribution in [-0.4, -0.2) is 0 Å². The third-order valence-electron chi connectivity index (χ3n) is 1.76. The van der Waals surface area contributed by atoms with Gasteiger partial charge in [0, 0.05) is 4.90 Å². The van der Waals surface area contributed by atoms with Crippen LogP contribution in [-0.2, 0) is 6.42 Å². The van der Waals surface area contributed by atoms with E-state index < -0.39 is 0 Å². The first kappa shape index (κ1) is 8.66. The Labute approximate surface area is 74.0 Å². The number of hydrogen-bond donors (Lipinski definition) is 1. The average molecular weight is 166 g/mol. The Morgan fingerprint density at radius 3 is 2.36 bits per heavy atom. The minimum absolute atomic E-state index is 1.05. The van der Waals surface area contributed by atoms with Gasteiger partial charge in [-0.15, -0.1) is 12.6 Å². The summed E-state index contributed by atoms with van der Waals surface area (Å²) in [6.07, 6.45) is 3.75. The summed E-state index contributed by atoms with van der Waals surface area (Å²) >= 11 is 4.22. The molecule has 0 heterocycles. The van der Waals surface area contributed by atoms with Crippen molar-refractivity contribution >= 4 is 12.6 Å². The van der Waals surface area contributed by atoms with Crippen molar-refractivity contribution in [2.75, 3.05) is 0 Å². The van der Waals surface area contributed by atoms with Gasteiger partial charge in [0.25, 0.3) is 0 Å². The fourth-order valence-electron chi connectivity index (χ4n) is 1.04. The average Bonchev–Trinajstić information content (AvgIpc) is 2.04. The van der Waals surface area contributed by atoms with Crippen molar-refractivity contribution in [3.63, 3.8) is 0 Å². The number of benzene rings is 1. The number of hydrogen-bond acceptors (Lipinski definition) is 1. The van der Waals surface area contributed by atoms with Gasteiger partial charge in [-0.05, 0) is 30.5 Å². The van der Waals surface area contributed by atoms with Crippen molar-refractivity contribution in [3.05, 3.63) is 29.8 Å².